The molecule has 4 nitrogen and oxygen atoms in total. The lowest BCUT2D eigenvalue weighted by molar-refractivity contribution is -0.134. The zero-order chi connectivity index (χ0) is 15.3. The quantitative estimate of drug-likeness (QED) is 0.803. The summed E-state index contributed by atoms with van der Waals surface area (Å²) in [7, 11) is 3.50. The Morgan fingerprint density at radius 3 is 2.65 bits per heavy atom. The molecule has 0 aliphatic carbocycles. The number of carbonyl (C=O) groups excluding carboxylic acids is 1. The molecule has 1 aromatic rings. The van der Waals surface area contributed by atoms with E-state index in [1.165, 1.54) is 0 Å². The number of ether oxygens (including phenoxy) is 1. The third-order valence-corrected chi connectivity index (χ3v) is 3.66. The molecule has 0 saturated carbocycles. The molecular weight excluding hydrogens is 252 g/mol. The zero-order valence-electron chi connectivity index (χ0n) is 13.5. The first-order chi connectivity index (χ1) is 9.42. The van der Waals surface area contributed by atoms with Crippen molar-refractivity contribution in [2.75, 3.05) is 14.2 Å². The topological polar surface area (TPSA) is 42.4 Å². The molecule has 0 bridgehead atoms. The maximum atomic E-state index is 12.2. The third-order valence-electron chi connectivity index (χ3n) is 3.66. The number of nitrogens with zero attached hydrogens (tertiary/aromatic N) is 2. The number of rotatable bonds is 6. The number of hydrogen-bond acceptors (Lipinski definition) is 3. The van der Waals surface area contributed by atoms with Crippen molar-refractivity contribution in [2.45, 2.75) is 47.1 Å². The van der Waals surface area contributed by atoms with Crippen LogP contribution in [0.2, 0.25) is 0 Å². The van der Waals surface area contributed by atoms with Crippen molar-refractivity contribution in [3.63, 3.8) is 0 Å². The van der Waals surface area contributed by atoms with Crippen LogP contribution in [0.4, 0.5) is 0 Å². The lowest BCUT2D eigenvalue weighted by Gasteiger charge is -2.22. The van der Waals surface area contributed by atoms with E-state index in [2.05, 4.69) is 11.9 Å². The average Bonchev–Trinajstić information content (AvgIpc) is 2.42. The van der Waals surface area contributed by atoms with Gasteiger partial charge < -0.3 is 9.64 Å². The number of methoxy groups -OCH3 is 1. The van der Waals surface area contributed by atoms with E-state index in [1.807, 2.05) is 27.8 Å². The molecule has 0 aromatic carbocycles. The fraction of sp³-hybridized carbons (Fsp3) is 0.625. The molecule has 1 aromatic heterocycles. The molecule has 4 heteroatoms. The van der Waals surface area contributed by atoms with Crippen LogP contribution in [0.3, 0.4) is 0 Å². The predicted octanol–water partition coefficient (Wildman–Crippen LogP) is 3.10. The van der Waals surface area contributed by atoms with E-state index in [1.54, 1.807) is 18.2 Å². The van der Waals surface area contributed by atoms with Gasteiger partial charge in [0.2, 0.25) is 5.91 Å². The Hall–Kier alpha value is -1.58. The first kappa shape index (κ1) is 16.5. The summed E-state index contributed by atoms with van der Waals surface area (Å²) < 4.78 is 5.40. The highest BCUT2D eigenvalue weighted by atomic mass is 16.5. The van der Waals surface area contributed by atoms with Gasteiger partial charge in [0.25, 0.3) is 0 Å². The van der Waals surface area contributed by atoms with Crippen LogP contribution in [0, 0.1) is 19.8 Å². The second kappa shape index (κ2) is 7.27. The van der Waals surface area contributed by atoms with Crippen LogP contribution in [0.1, 0.15) is 43.5 Å². The Morgan fingerprint density at radius 1 is 1.45 bits per heavy atom. The second-order valence-corrected chi connectivity index (χ2v) is 5.43. The lowest BCUT2D eigenvalue weighted by atomic mass is 10.0. The molecule has 1 atom stereocenters. The summed E-state index contributed by atoms with van der Waals surface area (Å²) >= 11 is 0. The van der Waals surface area contributed by atoms with Crippen LogP contribution in [0.25, 0.3) is 0 Å². The van der Waals surface area contributed by atoms with E-state index in [0.717, 1.165) is 35.4 Å². The Labute approximate surface area is 122 Å². The highest BCUT2D eigenvalue weighted by molar-refractivity contribution is 5.78. The Morgan fingerprint density at radius 2 is 2.10 bits per heavy atom. The molecule has 112 valence electrons. The molecule has 0 radical (unpaired) electrons. The second-order valence-electron chi connectivity index (χ2n) is 5.43. The predicted molar refractivity (Wildman–Crippen MR) is 80.8 cm³/mol. The van der Waals surface area contributed by atoms with Gasteiger partial charge in [-0.2, -0.15) is 0 Å². The highest BCUT2D eigenvalue weighted by Crippen LogP contribution is 2.24. The van der Waals surface area contributed by atoms with Gasteiger partial charge in [0.1, 0.15) is 5.75 Å². The smallest absolute Gasteiger partial charge is 0.225 e. The minimum atomic E-state index is 0.0673. The third kappa shape index (κ3) is 3.71. The van der Waals surface area contributed by atoms with Gasteiger partial charge in [0, 0.05) is 30.3 Å². The van der Waals surface area contributed by atoms with Gasteiger partial charge in [0.05, 0.1) is 19.3 Å². The van der Waals surface area contributed by atoms with E-state index in [-0.39, 0.29) is 11.8 Å². The molecule has 1 heterocycles. The van der Waals surface area contributed by atoms with Crippen molar-refractivity contribution < 1.29 is 9.53 Å². The number of pyridine rings is 1. The summed E-state index contributed by atoms with van der Waals surface area (Å²) in [6.07, 6.45) is 3.75. The van der Waals surface area contributed by atoms with Crippen molar-refractivity contribution in [3.8, 4) is 5.75 Å². The van der Waals surface area contributed by atoms with Gasteiger partial charge >= 0.3 is 0 Å². The van der Waals surface area contributed by atoms with Crippen LogP contribution in [0.15, 0.2) is 6.20 Å². The lowest BCUT2D eigenvalue weighted by Crippen LogP contribution is -2.31. The molecule has 20 heavy (non-hydrogen) atoms. The molecule has 0 saturated heterocycles. The normalized spacial score (nSPS) is 12.1. The zero-order valence-corrected chi connectivity index (χ0v) is 13.5. The minimum absolute atomic E-state index is 0.0673. The summed E-state index contributed by atoms with van der Waals surface area (Å²) in [6.45, 7) is 8.57. The number of amides is 1. The number of aryl methyl sites for hydroxylation is 1. The molecule has 1 unspecified atom stereocenters. The van der Waals surface area contributed by atoms with E-state index >= 15 is 0 Å². The fourth-order valence-corrected chi connectivity index (χ4v) is 2.47. The van der Waals surface area contributed by atoms with Crippen molar-refractivity contribution in [2.24, 2.45) is 5.92 Å². The molecule has 0 aliphatic rings. The largest absolute Gasteiger partial charge is 0.496 e. The Bertz CT molecular complexity index is 472. The Kier molecular flexibility index (Phi) is 5.99. The van der Waals surface area contributed by atoms with Gasteiger partial charge in [-0.25, -0.2) is 0 Å². The summed E-state index contributed by atoms with van der Waals surface area (Å²) in [5, 5.41) is 0. The first-order valence-corrected chi connectivity index (χ1v) is 7.16. The van der Waals surface area contributed by atoms with E-state index < -0.39 is 0 Å². The number of hydrogen-bond donors (Lipinski definition) is 0. The maximum Gasteiger partial charge on any atom is 0.225 e. The maximum absolute atomic E-state index is 12.2. The molecule has 0 aliphatic heterocycles. The first-order valence-electron chi connectivity index (χ1n) is 7.16. The van der Waals surface area contributed by atoms with Crippen molar-refractivity contribution in [3.05, 3.63) is 23.0 Å². The minimum Gasteiger partial charge on any atom is -0.496 e. The van der Waals surface area contributed by atoms with E-state index in [4.69, 9.17) is 4.74 Å². The summed E-state index contributed by atoms with van der Waals surface area (Å²) in [6, 6.07) is 0. The molecular formula is C16H26N2O2. The SMILES string of the molecule is CCCC(C)C(=O)N(C)Cc1ncc(C)c(OC)c1C. The highest BCUT2D eigenvalue weighted by Gasteiger charge is 2.19. The van der Waals surface area contributed by atoms with E-state index in [9.17, 15) is 4.79 Å². The van der Waals surface area contributed by atoms with Crippen LogP contribution in [0.5, 0.6) is 5.75 Å². The van der Waals surface area contributed by atoms with Gasteiger partial charge in [-0.1, -0.05) is 20.3 Å². The Balaban J connectivity index is 2.86. The van der Waals surface area contributed by atoms with Gasteiger partial charge in [-0.15, -0.1) is 0 Å². The van der Waals surface area contributed by atoms with E-state index in [0.29, 0.717) is 6.54 Å². The van der Waals surface area contributed by atoms with Crippen molar-refractivity contribution in [1.82, 2.24) is 9.88 Å². The summed E-state index contributed by atoms with van der Waals surface area (Å²) in [4.78, 5) is 18.4. The standard InChI is InChI=1S/C16H26N2O2/c1-7-8-11(2)16(19)18(5)10-14-13(4)15(20-6)12(3)9-17-14/h9,11H,7-8,10H2,1-6H3. The molecule has 1 rings (SSSR count). The molecule has 0 N–H and O–H groups in total. The molecule has 0 spiro atoms. The van der Waals surface area contributed by atoms with Crippen LogP contribution in [-0.2, 0) is 11.3 Å². The van der Waals surface area contributed by atoms with Crippen LogP contribution < -0.4 is 4.74 Å². The number of aromatic nitrogens is 1. The van der Waals surface area contributed by atoms with Crippen LogP contribution in [-0.4, -0.2) is 29.9 Å². The van der Waals surface area contributed by atoms with Crippen LogP contribution >= 0.6 is 0 Å². The fourth-order valence-electron chi connectivity index (χ4n) is 2.47. The van der Waals surface area contributed by atoms with Crippen molar-refractivity contribution in [1.29, 1.82) is 0 Å². The number of carbonyl (C=O) groups is 1. The monoisotopic (exact) mass is 278 g/mol. The summed E-state index contributed by atoms with van der Waals surface area (Å²) in [5.74, 6) is 1.10. The summed E-state index contributed by atoms with van der Waals surface area (Å²) in [5.41, 5.74) is 2.92. The van der Waals surface area contributed by atoms with Gasteiger partial charge in [0.15, 0.2) is 0 Å². The molecule has 0 fully saturated rings. The van der Waals surface area contributed by atoms with Crippen molar-refractivity contribution >= 4 is 5.91 Å². The van der Waals surface area contributed by atoms with Gasteiger partial charge in [-0.3, -0.25) is 9.78 Å². The average molecular weight is 278 g/mol. The molecule has 1 amide bonds. The van der Waals surface area contributed by atoms with Gasteiger partial charge in [-0.05, 0) is 20.3 Å².